The van der Waals surface area contributed by atoms with E-state index in [0.29, 0.717) is 18.0 Å². The van der Waals surface area contributed by atoms with Crippen molar-refractivity contribution in [2.45, 2.75) is 27.7 Å². The molecule has 8 heteroatoms. The van der Waals surface area contributed by atoms with E-state index in [-0.39, 0.29) is 10.7 Å². The zero-order valence-electron chi connectivity index (χ0n) is 19.3. The summed E-state index contributed by atoms with van der Waals surface area (Å²) in [6.45, 7) is 8.45. The third-order valence-electron chi connectivity index (χ3n) is 5.66. The molecule has 0 unspecified atom stereocenters. The van der Waals surface area contributed by atoms with Crippen LogP contribution in [0, 0.1) is 24.3 Å². The Balaban J connectivity index is 1.74. The number of benzene rings is 2. The lowest BCUT2D eigenvalue weighted by molar-refractivity contribution is -0.122. The van der Waals surface area contributed by atoms with Gasteiger partial charge < -0.3 is 9.30 Å². The SMILES string of the molecule is CCOc1cccc(N2C(=O)/C(=C\c3cc(C)n(-c4ccc(I)c(C)c4)c3C)C(=O)NC2=S)c1. The maximum atomic E-state index is 13.4. The van der Waals surface area contributed by atoms with Crippen molar-refractivity contribution < 1.29 is 14.3 Å². The Morgan fingerprint density at radius 1 is 1.06 bits per heavy atom. The molecule has 2 amide bonds. The Hall–Kier alpha value is -2.98. The predicted octanol–water partition coefficient (Wildman–Crippen LogP) is 5.24. The Kier molecular flexibility index (Phi) is 6.90. The van der Waals surface area contributed by atoms with Crippen LogP contribution in [0.25, 0.3) is 11.8 Å². The van der Waals surface area contributed by atoms with Crippen LogP contribution in [-0.4, -0.2) is 28.1 Å². The van der Waals surface area contributed by atoms with E-state index in [1.54, 1.807) is 30.3 Å². The molecule has 1 N–H and O–H groups in total. The average molecular weight is 585 g/mol. The summed E-state index contributed by atoms with van der Waals surface area (Å²) < 4.78 is 8.87. The van der Waals surface area contributed by atoms with Crippen molar-refractivity contribution in [2.24, 2.45) is 0 Å². The van der Waals surface area contributed by atoms with Crippen molar-refractivity contribution >= 4 is 63.5 Å². The van der Waals surface area contributed by atoms with Gasteiger partial charge in [-0.1, -0.05) is 6.07 Å². The number of carbonyl (C=O) groups is 2. The molecule has 0 aliphatic carbocycles. The Morgan fingerprint density at radius 2 is 1.82 bits per heavy atom. The lowest BCUT2D eigenvalue weighted by atomic mass is 10.1. The van der Waals surface area contributed by atoms with E-state index >= 15 is 0 Å². The van der Waals surface area contributed by atoms with Crippen molar-refractivity contribution in [2.75, 3.05) is 11.5 Å². The van der Waals surface area contributed by atoms with Gasteiger partial charge in [-0.25, -0.2) is 0 Å². The molecule has 1 fully saturated rings. The molecule has 3 aromatic rings. The van der Waals surface area contributed by atoms with Gasteiger partial charge in [-0.3, -0.25) is 19.8 Å². The number of hydrogen-bond donors (Lipinski definition) is 1. The van der Waals surface area contributed by atoms with Crippen LogP contribution in [0.2, 0.25) is 0 Å². The van der Waals surface area contributed by atoms with E-state index in [1.165, 1.54) is 14.0 Å². The second kappa shape index (κ2) is 9.71. The van der Waals surface area contributed by atoms with E-state index in [2.05, 4.69) is 57.6 Å². The van der Waals surface area contributed by atoms with Gasteiger partial charge in [0.1, 0.15) is 11.3 Å². The topological polar surface area (TPSA) is 63.6 Å². The van der Waals surface area contributed by atoms with Gasteiger partial charge in [-0.15, -0.1) is 0 Å². The number of ether oxygens (including phenoxy) is 1. The minimum Gasteiger partial charge on any atom is -0.494 e. The van der Waals surface area contributed by atoms with Gasteiger partial charge in [0.25, 0.3) is 11.8 Å². The molecule has 6 nitrogen and oxygen atoms in total. The standard InChI is InChI=1S/C26H24IN3O3S/c1-5-33-21-8-6-7-19(14-21)30-25(32)22(24(31)28-26(30)34)13-18-12-16(3)29(17(18)4)20-9-10-23(27)15(2)11-20/h6-14H,5H2,1-4H3,(H,28,31,34)/b22-13-. The predicted molar refractivity (Wildman–Crippen MR) is 147 cm³/mol. The van der Waals surface area contributed by atoms with Crippen molar-refractivity contribution in [1.82, 2.24) is 9.88 Å². The Morgan fingerprint density at radius 3 is 2.53 bits per heavy atom. The van der Waals surface area contributed by atoms with Crippen LogP contribution >= 0.6 is 34.8 Å². The molecule has 0 spiro atoms. The fourth-order valence-electron chi connectivity index (χ4n) is 4.03. The molecule has 174 valence electrons. The summed E-state index contributed by atoms with van der Waals surface area (Å²) in [5, 5.41) is 2.69. The van der Waals surface area contributed by atoms with Crippen LogP contribution in [0.3, 0.4) is 0 Å². The number of anilines is 1. The number of hydrogen-bond acceptors (Lipinski definition) is 4. The fourth-order valence-corrected chi connectivity index (χ4v) is 4.64. The first-order valence-corrected chi connectivity index (χ1v) is 12.3. The first kappa shape index (κ1) is 24.2. The fraction of sp³-hybridized carbons (Fsp3) is 0.192. The molecule has 2 aromatic carbocycles. The van der Waals surface area contributed by atoms with Crippen LogP contribution in [0.15, 0.2) is 54.1 Å². The second-order valence-corrected chi connectivity index (χ2v) is 9.53. The third-order valence-corrected chi connectivity index (χ3v) is 7.15. The monoisotopic (exact) mass is 585 g/mol. The molecule has 1 saturated heterocycles. The number of carbonyl (C=O) groups excluding carboxylic acids is 2. The number of thiocarbonyl (C=S) groups is 1. The highest BCUT2D eigenvalue weighted by atomic mass is 127. The smallest absolute Gasteiger partial charge is 0.270 e. The van der Waals surface area contributed by atoms with Crippen molar-refractivity contribution in [1.29, 1.82) is 0 Å². The summed E-state index contributed by atoms with van der Waals surface area (Å²) in [7, 11) is 0. The Labute approximate surface area is 217 Å². The molecule has 0 saturated carbocycles. The lowest BCUT2D eigenvalue weighted by Gasteiger charge is -2.29. The molecule has 1 aliphatic heterocycles. The van der Waals surface area contributed by atoms with E-state index in [4.69, 9.17) is 17.0 Å². The van der Waals surface area contributed by atoms with E-state index in [0.717, 1.165) is 22.6 Å². The van der Waals surface area contributed by atoms with Crippen molar-refractivity contribution in [3.05, 3.63) is 80.2 Å². The minimum atomic E-state index is -0.512. The lowest BCUT2D eigenvalue weighted by Crippen LogP contribution is -2.54. The number of nitrogens with one attached hydrogen (secondary N) is 1. The number of aromatic nitrogens is 1. The molecule has 0 radical (unpaired) electrons. The summed E-state index contributed by atoms with van der Waals surface area (Å²) in [6.07, 6.45) is 1.64. The highest BCUT2D eigenvalue weighted by Crippen LogP contribution is 2.28. The number of amides is 2. The van der Waals surface area contributed by atoms with Crippen LogP contribution in [0.1, 0.15) is 29.4 Å². The average Bonchev–Trinajstić information content (AvgIpc) is 3.06. The van der Waals surface area contributed by atoms with Gasteiger partial charge in [0, 0.05) is 26.7 Å². The van der Waals surface area contributed by atoms with Gasteiger partial charge >= 0.3 is 0 Å². The zero-order valence-corrected chi connectivity index (χ0v) is 22.3. The molecular formula is C26H24IN3O3S. The molecule has 0 bridgehead atoms. The number of nitrogens with zero attached hydrogens (tertiary/aromatic N) is 2. The van der Waals surface area contributed by atoms with Crippen LogP contribution < -0.4 is 15.0 Å². The maximum absolute atomic E-state index is 13.4. The number of halogens is 1. The summed E-state index contributed by atoms with van der Waals surface area (Å²) in [4.78, 5) is 27.5. The molecule has 2 heterocycles. The van der Waals surface area contributed by atoms with E-state index < -0.39 is 11.8 Å². The summed E-state index contributed by atoms with van der Waals surface area (Å²) in [6, 6.07) is 15.3. The molecule has 0 atom stereocenters. The maximum Gasteiger partial charge on any atom is 0.270 e. The van der Waals surface area contributed by atoms with Crippen LogP contribution in [0.5, 0.6) is 5.75 Å². The van der Waals surface area contributed by atoms with Gasteiger partial charge in [-0.05, 0) is 116 Å². The van der Waals surface area contributed by atoms with E-state index in [1.807, 2.05) is 26.8 Å². The van der Waals surface area contributed by atoms with Gasteiger partial charge in [0.2, 0.25) is 0 Å². The number of rotatable bonds is 5. The normalized spacial score (nSPS) is 15.1. The minimum absolute atomic E-state index is 0.0226. The van der Waals surface area contributed by atoms with Gasteiger partial charge in [-0.2, -0.15) is 0 Å². The molecule has 1 aromatic heterocycles. The first-order valence-electron chi connectivity index (χ1n) is 10.8. The largest absolute Gasteiger partial charge is 0.494 e. The highest BCUT2D eigenvalue weighted by molar-refractivity contribution is 14.1. The quantitative estimate of drug-likeness (QED) is 0.193. The molecule has 1 aliphatic rings. The molecular weight excluding hydrogens is 561 g/mol. The van der Waals surface area contributed by atoms with E-state index in [9.17, 15) is 9.59 Å². The van der Waals surface area contributed by atoms with Gasteiger partial charge in [0.15, 0.2) is 5.11 Å². The molecule has 34 heavy (non-hydrogen) atoms. The van der Waals surface area contributed by atoms with Crippen molar-refractivity contribution in [3.63, 3.8) is 0 Å². The van der Waals surface area contributed by atoms with Gasteiger partial charge in [0.05, 0.1) is 12.3 Å². The second-order valence-electron chi connectivity index (χ2n) is 7.98. The summed E-state index contributed by atoms with van der Waals surface area (Å²) >= 11 is 7.64. The summed E-state index contributed by atoms with van der Waals surface area (Å²) in [5.74, 6) is -0.367. The van der Waals surface area contributed by atoms with Crippen LogP contribution in [-0.2, 0) is 9.59 Å². The zero-order chi connectivity index (χ0) is 24.6. The van der Waals surface area contributed by atoms with Crippen LogP contribution in [0.4, 0.5) is 5.69 Å². The van der Waals surface area contributed by atoms with Crippen molar-refractivity contribution in [3.8, 4) is 11.4 Å². The number of aryl methyl sites for hydroxylation is 2. The highest BCUT2D eigenvalue weighted by Gasteiger charge is 2.35. The third kappa shape index (κ3) is 4.52. The first-order chi connectivity index (χ1) is 16.2. The molecule has 4 rings (SSSR count). The summed E-state index contributed by atoms with van der Waals surface area (Å²) in [5.41, 5.74) is 5.51. The Bertz CT molecular complexity index is 1360.